The molecule has 0 fully saturated rings. The number of allylic oxidation sites excluding steroid dienone is 1. The lowest BCUT2D eigenvalue weighted by atomic mass is 10.4. The van der Waals surface area contributed by atoms with E-state index in [2.05, 4.69) is 9.98 Å². The summed E-state index contributed by atoms with van der Waals surface area (Å²) in [6, 6.07) is 2.82. The molecule has 2 aromatic heterocycles. The number of nitrogens with zero attached hydrogens (tertiary/aromatic N) is 3. The molecule has 0 aliphatic heterocycles. The molecule has 2 rings (SSSR count). The number of thiazole rings is 1. The number of nitro groups is 1. The Morgan fingerprint density at radius 1 is 1.53 bits per heavy atom. The first kappa shape index (κ1) is 11.2. The van der Waals surface area contributed by atoms with Gasteiger partial charge in [0.1, 0.15) is 10.7 Å². The zero-order valence-electron chi connectivity index (χ0n) is 8.52. The summed E-state index contributed by atoms with van der Waals surface area (Å²) in [6.07, 6.45) is 6.43. The van der Waals surface area contributed by atoms with E-state index >= 15 is 0 Å². The topological polar surface area (TPSA) is 81.5 Å². The molecule has 0 amide bonds. The van der Waals surface area contributed by atoms with Crippen LogP contribution in [0.1, 0.15) is 5.76 Å². The Bertz CT molecular complexity index is 557. The van der Waals surface area contributed by atoms with E-state index in [0.717, 1.165) is 0 Å². The molecule has 0 spiro atoms. The molecular formula is C10H7N3O3S. The van der Waals surface area contributed by atoms with Crippen molar-refractivity contribution >= 4 is 34.6 Å². The van der Waals surface area contributed by atoms with Crippen molar-refractivity contribution in [3.05, 3.63) is 45.7 Å². The zero-order valence-corrected chi connectivity index (χ0v) is 9.33. The lowest BCUT2D eigenvalue weighted by molar-refractivity contribution is -0.402. The van der Waals surface area contributed by atoms with E-state index in [4.69, 9.17) is 4.42 Å². The summed E-state index contributed by atoms with van der Waals surface area (Å²) in [5.41, 5.74) is 0. The third-order valence-electron chi connectivity index (χ3n) is 1.74. The number of aliphatic imine (C=N–C) groups is 1. The van der Waals surface area contributed by atoms with Crippen LogP contribution in [0.25, 0.3) is 6.08 Å². The van der Waals surface area contributed by atoms with Gasteiger partial charge in [0.25, 0.3) is 0 Å². The van der Waals surface area contributed by atoms with Gasteiger partial charge in [0, 0.05) is 17.8 Å². The van der Waals surface area contributed by atoms with Crippen LogP contribution >= 0.6 is 11.3 Å². The molecule has 0 radical (unpaired) electrons. The summed E-state index contributed by atoms with van der Waals surface area (Å²) in [4.78, 5) is 17.8. The van der Waals surface area contributed by atoms with Gasteiger partial charge in [0.05, 0.1) is 6.07 Å². The maximum absolute atomic E-state index is 10.4. The molecule has 0 saturated carbocycles. The van der Waals surface area contributed by atoms with Gasteiger partial charge in [0.2, 0.25) is 5.13 Å². The minimum Gasteiger partial charge on any atom is -0.401 e. The maximum atomic E-state index is 10.4. The molecule has 0 aliphatic rings. The van der Waals surface area contributed by atoms with Crippen molar-refractivity contribution in [3.8, 4) is 0 Å². The van der Waals surface area contributed by atoms with Gasteiger partial charge in [-0.2, -0.15) is 0 Å². The normalized spacial score (nSPS) is 11.5. The number of rotatable bonds is 4. The van der Waals surface area contributed by atoms with Gasteiger partial charge in [-0.05, 0) is 18.2 Å². The van der Waals surface area contributed by atoms with Crippen LogP contribution in [-0.4, -0.2) is 16.1 Å². The van der Waals surface area contributed by atoms with Gasteiger partial charge in [-0.25, -0.2) is 9.98 Å². The molecule has 0 aliphatic carbocycles. The number of hydrogen-bond acceptors (Lipinski definition) is 6. The van der Waals surface area contributed by atoms with Gasteiger partial charge >= 0.3 is 5.88 Å². The van der Waals surface area contributed by atoms with E-state index in [9.17, 15) is 10.1 Å². The van der Waals surface area contributed by atoms with E-state index in [0.29, 0.717) is 10.9 Å². The van der Waals surface area contributed by atoms with Gasteiger partial charge in [-0.3, -0.25) is 10.1 Å². The van der Waals surface area contributed by atoms with Crippen molar-refractivity contribution in [2.45, 2.75) is 0 Å². The van der Waals surface area contributed by atoms with E-state index in [1.807, 2.05) is 5.38 Å². The van der Waals surface area contributed by atoms with Crippen molar-refractivity contribution in [1.82, 2.24) is 4.98 Å². The SMILES string of the molecule is O=[N+]([O-])c1ccc(/C=C\C=Nc2nccs2)o1. The second kappa shape index (κ2) is 5.17. The summed E-state index contributed by atoms with van der Waals surface area (Å²) < 4.78 is 4.92. The first-order chi connectivity index (χ1) is 8.25. The third-order valence-corrected chi connectivity index (χ3v) is 2.42. The van der Waals surface area contributed by atoms with E-state index < -0.39 is 4.92 Å². The van der Waals surface area contributed by atoms with Crippen molar-refractivity contribution in [1.29, 1.82) is 0 Å². The zero-order chi connectivity index (χ0) is 12.1. The van der Waals surface area contributed by atoms with Gasteiger partial charge < -0.3 is 4.42 Å². The number of aromatic nitrogens is 1. The fraction of sp³-hybridized carbons (Fsp3) is 0. The van der Waals surface area contributed by atoms with Crippen LogP contribution in [-0.2, 0) is 0 Å². The minimum atomic E-state index is -0.582. The lowest BCUT2D eigenvalue weighted by Crippen LogP contribution is -1.82. The Hall–Kier alpha value is -2.28. The van der Waals surface area contributed by atoms with Gasteiger partial charge in [-0.1, -0.05) is 0 Å². The highest BCUT2D eigenvalue weighted by Crippen LogP contribution is 2.16. The molecule has 0 unspecified atom stereocenters. The molecule has 2 aromatic rings. The molecule has 0 bridgehead atoms. The first-order valence-electron chi connectivity index (χ1n) is 4.60. The smallest absolute Gasteiger partial charge is 0.401 e. The molecule has 0 saturated heterocycles. The highest BCUT2D eigenvalue weighted by atomic mass is 32.1. The molecule has 0 aromatic carbocycles. The van der Waals surface area contributed by atoms with Crippen molar-refractivity contribution in [2.24, 2.45) is 4.99 Å². The molecule has 0 atom stereocenters. The monoisotopic (exact) mass is 249 g/mol. The summed E-state index contributed by atoms with van der Waals surface area (Å²) >= 11 is 1.42. The summed E-state index contributed by atoms with van der Waals surface area (Å²) in [6.45, 7) is 0. The van der Waals surface area contributed by atoms with E-state index in [-0.39, 0.29) is 5.88 Å². The predicted molar refractivity (Wildman–Crippen MR) is 64.7 cm³/mol. The van der Waals surface area contributed by atoms with Crippen molar-refractivity contribution < 1.29 is 9.34 Å². The van der Waals surface area contributed by atoms with Crippen LogP contribution < -0.4 is 0 Å². The standard InChI is InChI=1S/C10H7N3O3S/c14-13(15)9-4-3-8(16-9)2-1-5-11-10-12-6-7-17-10/h1-7H/b2-1-,11-5?. The number of furan rings is 1. The Morgan fingerprint density at radius 2 is 2.41 bits per heavy atom. The van der Waals surface area contributed by atoms with Crippen molar-refractivity contribution in [2.75, 3.05) is 0 Å². The van der Waals surface area contributed by atoms with Crippen LogP contribution in [0.2, 0.25) is 0 Å². The summed E-state index contributed by atoms with van der Waals surface area (Å²) in [5.74, 6) is 0.129. The quantitative estimate of drug-likeness (QED) is 0.473. The molecule has 7 heteroatoms. The van der Waals surface area contributed by atoms with E-state index in [1.54, 1.807) is 24.6 Å². The highest BCUT2D eigenvalue weighted by molar-refractivity contribution is 7.13. The average molecular weight is 249 g/mol. The third kappa shape index (κ3) is 3.08. The van der Waals surface area contributed by atoms with Crippen LogP contribution in [0.5, 0.6) is 0 Å². The second-order valence-electron chi connectivity index (χ2n) is 2.89. The lowest BCUT2D eigenvalue weighted by Gasteiger charge is -1.82. The second-order valence-corrected chi connectivity index (χ2v) is 3.76. The van der Waals surface area contributed by atoms with Crippen LogP contribution in [0.15, 0.2) is 39.2 Å². The number of hydrogen-bond donors (Lipinski definition) is 0. The highest BCUT2D eigenvalue weighted by Gasteiger charge is 2.09. The van der Waals surface area contributed by atoms with Crippen molar-refractivity contribution in [3.63, 3.8) is 0 Å². The van der Waals surface area contributed by atoms with Gasteiger partial charge in [-0.15, -0.1) is 11.3 Å². The molecule has 17 heavy (non-hydrogen) atoms. The molecule has 0 N–H and O–H groups in total. The Morgan fingerprint density at radius 3 is 3.06 bits per heavy atom. The minimum absolute atomic E-state index is 0.276. The molecule has 6 nitrogen and oxygen atoms in total. The Kier molecular flexibility index (Phi) is 3.41. The largest absolute Gasteiger partial charge is 0.433 e. The summed E-state index contributed by atoms with van der Waals surface area (Å²) in [5, 5.41) is 12.8. The van der Waals surface area contributed by atoms with Crippen LogP contribution in [0.4, 0.5) is 11.0 Å². The first-order valence-corrected chi connectivity index (χ1v) is 5.48. The fourth-order valence-electron chi connectivity index (χ4n) is 1.05. The fourth-order valence-corrected chi connectivity index (χ4v) is 1.54. The van der Waals surface area contributed by atoms with Crippen LogP contribution in [0.3, 0.4) is 0 Å². The predicted octanol–water partition coefficient (Wildman–Crippen LogP) is 3.06. The van der Waals surface area contributed by atoms with Gasteiger partial charge in [0.15, 0.2) is 0 Å². The molecule has 86 valence electrons. The van der Waals surface area contributed by atoms with E-state index in [1.165, 1.54) is 23.5 Å². The Labute approximate surface area is 100 Å². The summed E-state index contributed by atoms with van der Waals surface area (Å²) in [7, 11) is 0. The average Bonchev–Trinajstić information content (AvgIpc) is 2.96. The Balaban J connectivity index is 1.98. The molecule has 2 heterocycles. The molecular weight excluding hydrogens is 242 g/mol. The maximum Gasteiger partial charge on any atom is 0.433 e. The van der Waals surface area contributed by atoms with Crippen LogP contribution in [0, 0.1) is 10.1 Å².